The highest BCUT2D eigenvalue weighted by Crippen LogP contribution is 2.61. The topological polar surface area (TPSA) is 29.1 Å². The molecule has 4 saturated carbocycles. The maximum atomic E-state index is 12.5. The molecule has 4 fully saturated rings. The Kier molecular flexibility index (Phi) is 5.02. The summed E-state index contributed by atoms with van der Waals surface area (Å²) in [7, 11) is 0. The number of rotatable bonds is 5. The molecule has 0 unspecified atom stereocenters. The smallest absolute Gasteiger partial charge is 0.230 e. The van der Waals surface area contributed by atoms with Gasteiger partial charge in [-0.15, -0.1) is 11.8 Å². The lowest BCUT2D eigenvalue weighted by Crippen LogP contribution is -2.56. The van der Waals surface area contributed by atoms with Crippen LogP contribution in [0, 0.1) is 23.2 Å². The van der Waals surface area contributed by atoms with Crippen LogP contribution >= 0.6 is 35.0 Å². The monoisotopic (exact) mass is 397 g/mol. The standard InChI is InChI=1S/C20H25Cl2NOS/c1-12(20-8-13-4-14(9-20)6-15(5-13)10-20)23-19(24)11-25-18-7-16(21)2-3-17(18)22/h2-3,7,12-15H,4-6,8-11H2,1H3,(H,23,24)/t12-,13?,14?,15?,20?/m1/s1. The summed E-state index contributed by atoms with van der Waals surface area (Å²) in [5.74, 6) is 3.21. The van der Waals surface area contributed by atoms with E-state index < -0.39 is 0 Å². The van der Waals surface area contributed by atoms with Gasteiger partial charge in [-0.25, -0.2) is 0 Å². The van der Waals surface area contributed by atoms with Gasteiger partial charge in [0.25, 0.3) is 0 Å². The van der Waals surface area contributed by atoms with Crippen molar-refractivity contribution in [3.8, 4) is 0 Å². The van der Waals surface area contributed by atoms with Crippen LogP contribution in [0.3, 0.4) is 0 Å². The summed E-state index contributed by atoms with van der Waals surface area (Å²) in [5, 5.41) is 4.60. The third-order valence-corrected chi connectivity index (χ3v) is 8.37. The molecule has 5 rings (SSSR count). The zero-order valence-electron chi connectivity index (χ0n) is 14.6. The number of hydrogen-bond acceptors (Lipinski definition) is 2. The number of hydrogen-bond donors (Lipinski definition) is 1. The minimum Gasteiger partial charge on any atom is -0.352 e. The first-order chi connectivity index (χ1) is 11.9. The fourth-order valence-corrected chi connectivity index (χ4v) is 7.18. The molecule has 0 saturated heterocycles. The molecule has 1 amide bonds. The van der Waals surface area contributed by atoms with Gasteiger partial charge in [-0.2, -0.15) is 0 Å². The minimum atomic E-state index is 0.101. The Bertz CT molecular complexity index is 642. The van der Waals surface area contributed by atoms with Crippen LogP contribution in [0.5, 0.6) is 0 Å². The number of carbonyl (C=O) groups excluding carboxylic acids is 1. The predicted octanol–water partition coefficient (Wildman–Crippen LogP) is 5.81. The van der Waals surface area contributed by atoms with Crippen molar-refractivity contribution < 1.29 is 4.79 Å². The van der Waals surface area contributed by atoms with Crippen LogP contribution in [0.4, 0.5) is 0 Å². The highest BCUT2D eigenvalue weighted by atomic mass is 35.5. The summed E-state index contributed by atoms with van der Waals surface area (Å²) in [6, 6.07) is 5.64. The first-order valence-electron chi connectivity index (χ1n) is 9.31. The van der Waals surface area contributed by atoms with Gasteiger partial charge >= 0.3 is 0 Å². The number of benzene rings is 1. The molecule has 1 aromatic carbocycles. The summed E-state index contributed by atoms with van der Waals surface area (Å²) in [5.41, 5.74) is 0.350. The van der Waals surface area contributed by atoms with Gasteiger partial charge in [0.05, 0.1) is 10.8 Å². The SMILES string of the molecule is C[C@@H](NC(=O)CSc1cc(Cl)ccc1Cl)C12CC3CC(CC(C3)C1)C2. The second kappa shape index (κ2) is 6.98. The van der Waals surface area contributed by atoms with Crippen molar-refractivity contribution in [1.82, 2.24) is 5.32 Å². The maximum Gasteiger partial charge on any atom is 0.230 e. The Labute approximate surface area is 164 Å². The average Bonchev–Trinajstić information content (AvgIpc) is 2.54. The number of halogens is 2. The van der Waals surface area contributed by atoms with Crippen molar-refractivity contribution in [2.75, 3.05) is 5.75 Å². The summed E-state index contributed by atoms with van der Waals surface area (Å²) in [6.45, 7) is 2.22. The fourth-order valence-electron chi connectivity index (χ4n) is 5.88. The van der Waals surface area contributed by atoms with Gasteiger partial charge in [0.15, 0.2) is 0 Å². The van der Waals surface area contributed by atoms with Crippen molar-refractivity contribution in [3.63, 3.8) is 0 Å². The van der Waals surface area contributed by atoms with Gasteiger partial charge < -0.3 is 5.32 Å². The zero-order valence-corrected chi connectivity index (χ0v) is 16.9. The lowest BCUT2D eigenvalue weighted by atomic mass is 9.48. The van der Waals surface area contributed by atoms with Gasteiger partial charge in [0, 0.05) is 16.0 Å². The van der Waals surface area contributed by atoms with E-state index in [0.717, 1.165) is 22.6 Å². The van der Waals surface area contributed by atoms with Crippen LogP contribution < -0.4 is 5.32 Å². The largest absolute Gasteiger partial charge is 0.352 e. The molecular weight excluding hydrogens is 373 g/mol. The van der Waals surface area contributed by atoms with E-state index in [9.17, 15) is 4.79 Å². The third-order valence-electron chi connectivity index (χ3n) is 6.63. The van der Waals surface area contributed by atoms with Crippen LogP contribution in [-0.2, 0) is 4.79 Å². The highest BCUT2D eigenvalue weighted by molar-refractivity contribution is 8.00. The fraction of sp³-hybridized carbons (Fsp3) is 0.650. The van der Waals surface area contributed by atoms with E-state index in [1.807, 2.05) is 6.07 Å². The lowest BCUT2D eigenvalue weighted by molar-refractivity contribution is -0.123. The Morgan fingerprint density at radius 3 is 2.40 bits per heavy atom. The molecule has 25 heavy (non-hydrogen) atoms. The van der Waals surface area contributed by atoms with E-state index in [2.05, 4.69) is 12.2 Å². The van der Waals surface area contributed by atoms with Gasteiger partial charge in [-0.05, 0) is 86.8 Å². The molecule has 4 aliphatic carbocycles. The number of nitrogens with one attached hydrogen (secondary N) is 1. The summed E-state index contributed by atoms with van der Waals surface area (Å²) in [6.07, 6.45) is 8.24. The van der Waals surface area contributed by atoms with Crippen molar-refractivity contribution in [3.05, 3.63) is 28.2 Å². The second-order valence-corrected chi connectivity index (χ2v) is 10.3. The van der Waals surface area contributed by atoms with Gasteiger partial charge in [0.2, 0.25) is 5.91 Å². The molecule has 0 radical (unpaired) electrons. The van der Waals surface area contributed by atoms with Crippen LogP contribution in [0.1, 0.15) is 45.4 Å². The summed E-state index contributed by atoms with van der Waals surface area (Å²) in [4.78, 5) is 13.4. The summed E-state index contributed by atoms with van der Waals surface area (Å²) >= 11 is 13.7. The molecule has 136 valence electrons. The first-order valence-corrected chi connectivity index (χ1v) is 11.0. The van der Waals surface area contributed by atoms with Crippen LogP contribution in [0.15, 0.2) is 23.1 Å². The van der Waals surface area contributed by atoms with Crippen LogP contribution in [0.2, 0.25) is 10.0 Å². The predicted molar refractivity (Wildman–Crippen MR) is 105 cm³/mol. The zero-order chi connectivity index (χ0) is 17.6. The maximum absolute atomic E-state index is 12.5. The Hall–Kier alpha value is -0.380. The molecular formula is C20H25Cl2NOS. The van der Waals surface area contributed by atoms with E-state index in [4.69, 9.17) is 23.2 Å². The molecule has 4 aliphatic rings. The second-order valence-electron chi connectivity index (χ2n) is 8.43. The van der Waals surface area contributed by atoms with E-state index in [-0.39, 0.29) is 11.9 Å². The molecule has 5 heteroatoms. The normalized spacial score (nSPS) is 34.1. The Balaban J connectivity index is 1.35. The Morgan fingerprint density at radius 2 is 1.80 bits per heavy atom. The van der Waals surface area contributed by atoms with E-state index >= 15 is 0 Å². The van der Waals surface area contributed by atoms with E-state index in [1.54, 1.807) is 12.1 Å². The van der Waals surface area contributed by atoms with Crippen molar-refractivity contribution in [2.45, 2.75) is 56.4 Å². The molecule has 0 aliphatic heterocycles. The third kappa shape index (κ3) is 3.70. The summed E-state index contributed by atoms with van der Waals surface area (Å²) < 4.78 is 0. The number of thioether (sulfide) groups is 1. The molecule has 1 atom stereocenters. The molecule has 0 aromatic heterocycles. The molecule has 0 spiro atoms. The van der Waals surface area contributed by atoms with E-state index in [0.29, 0.717) is 21.2 Å². The van der Waals surface area contributed by atoms with Gasteiger partial charge in [0.1, 0.15) is 0 Å². The average molecular weight is 398 g/mol. The van der Waals surface area contributed by atoms with Crippen molar-refractivity contribution >= 4 is 40.9 Å². The molecule has 2 nitrogen and oxygen atoms in total. The molecule has 1 N–H and O–H groups in total. The lowest BCUT2D eigenvalue weighted by Gasteiger charge is -2.59. The number of carbonyl (C=O) groups is 1. The first kappa shape index (κ1) is 18.0. The Morgan fingerprint density at radius 1 is 1.20 bits per heavy atom. The highest BCUT2D eigenvalue weighted by Gasteiger charge is 2.53. The quantitative estimate of drug-likeness (QED) is 0.635. The molecule has 1 aromatic rings. The van der Waals surface area contributed by atoms with Crippen LogP contribution in [0.25, 0.3) is 0 Å². The minimum absolute atomic E-state index is 0.101. The van der Waals surface area contributed by atoms with E-state index in [1.165, 1.54) is 50.3 Å². The van der Waals surface area contributed by atoms with Crippen LogP contribution in [-0.4, -0.2) is 17.7 Å². The van der Waals surface area contributed by atoms with Crippen molar-refractivity contribution in [2.24, 2.45) is 23.2 Å². The number of amides is 1. The van der Waals surface area contributed by atoms with Gasteiger partial charge in [-0.3, -0.25) is 4.79 Å². The van der Waals surface area contributed by atoms with Crippen molar-refractivity contribution in [1.29, 1.82) is 0 Å². The van der Waals surface area contributed by atoms with Gasteiger partial charge in [-0.1, -0.05) is 23.2 Å². The molecule has 4 bridgehead atoms. The molecule has 0 heterocycles.